The Morgan fingerprint density at radius 2 is 1.83 bits per heavy atom. The van der Waals surface area contributed by atoms with Crippen molar-refractivity contribution < 1.29 is 22.8 Å². The Kier molecular flexibility index (Phi) is 6.50. The van der Waals surface area contributed by atoms with Gasteiger partial charge in [0.15, 0.2) is 22.9 Å². The number of hydrogen-bond donors (Lipinski definition) is 3. The maximum absolute atomic E-state index is 14.5. The van der Waals surface area contributed by atoms with Crippen LogP contribution < -0.4 is 16.5 Å². The van der Waals surface area contributed by atoms with E-state index in [0.29, 0.717) is 10.9 Å². The number of aryl methyl sites for hydroxylation is 1. The van der Waals surface area contributed by atoms with Crippen LogP contribution in [0.25, 0.3) is 22.3 Å². The second-order valence-electron chi connectivity index (χ2n) is 8.11. The van der Waals surface area contributed by atoms with Gasteiger partial charge in [-0.05, 0) is 61.7 Å². The number of amidine groups is 1. The molecule has 0 aliphatic rings. The van der Waals surface area contributed by atoms with Gasteiger partial charge >= 0.3 is 0 Å². The summed E-state index contributed by atoms with van der Waals surface area (Å²) in [7, 11) is 0. The van der Waals surface area contributed by atoms with Gasteiger partial charge in [0.1, 0.15) is 17.2 Å². The fourth-order valence-electron chi connectivity index (χ4n) is 4.02. The fourth-order valence-corrected chi connectivity index (χ4v) is 4.02. The molecule has 4 rings (SSSR count). The van der Waals surface area contributed by atoms with Crippen LogP contribution in [0, 0.1) is 31.3 Å². The van der Waals surface area contributed by atoms with Crippen LogP contribution in [-0.4, -0.2) is 17.6 Å². The van der Waals surface area contributed by atoms with E-state index in [1.54, 1.807) is 31.2 Å². The lowest BCUT2D eigenvalue weighted by Crippen LogP contribution is -2.19. The van der Waals surface area contributed by atoms with Crippen LogP contribution in [0.5, 0.6) is 0 Å². The molecule has 180 valence electrons. The molecule has 35 heavy (non-hydrogen) atoms. The molecule has 6 nitrogen and oxygen atoms in total. The second kappa shape index (κ2) is 9.54. The average Bonchev–Trinajstić information content (AvgIpc) is 2.84. The van der Waals surface area contributed by atoms with Crippen molar-refractivity contribution in [2.24, 2.45) is 10.9 Å². The number of nitrogens with one attached hydrogen (secondary N) is 1. The van der Waals surface area contributed by atoms with E-state index in [9.17, 15) is 18.0 Å². The maximum Gasteiger partial charge on any atom is 0.196 e. The number of halogens is 3. The van der Waals surface area contributed by atoms with E-state index in [1.807, 2.05) is 6.92 Å². The van der Waals surface area contributed by atoms with Crippen LogP contribution in [0.1, 0.15) is 22.3 Å². The number of nitrogens with two attached hydrogens (primary N) is 1. The van der Waals surface area contributed by atoms with Crippen LogP contribution >= 0.6 is 0 Å². The summed E-state index contributed by atoms with van der Waals surface area (Å²) in [5.41, 5.74) is 7.18. The summed E-state index contributed by atoms with van der Waals surface area (Å²) in [6.45, 7) is 3.49. The van der Waals surface area contributed by atoms with Crippen molar-refractivity contribution in [2.45, 2.75) is 20.3 Å². The van der Waals surface area contributed by atoms with E-state index in [1.165, 1.54) is 18.2 Å². The third-order valence-corrected chi connectivity index (χ3v) is 5.73. The third-order valence-electron chi connectivity index (χ3n) is 5.73. The SMILES string of the molecule is Cc1cc(CCNc2c(C(N)=NO)ccc(F)c2F)c2oc(-c3ccccc3F)c(C)c(=O)c2c1. The van der Waals surface area contributed by atoms with E-state index in [0.717, 1.165) is 11.6 Å². The predicted octanol–water partition coefficient (Wildman–Crippen LogP) is 5.24. The van der Waals surface area contributed by atoms with Gasteiger partial charge in [0.05, 0.1) is 16.6 Å². The summed E-state index contributed by atoms with van der Waals surface area (Å²) in [6.07, 6.45) is 0.243. The number of fused-ring (bicyclic) bond motifs is 1. The van der Waals surface area contributed by atoms with E-state index in [2.05, 4.69) is 10.5 Å². The monoisotopic (exact) mass is 481 g/mol. The Bertz CT molecular complexity index is 1530. The van der Waals surface area contributed by atoms with Crippen molar-refractivity contribution in [3.05, 3.63) is 98.5 Å². The highest BCUT2D eigenvalue weighted by molar-refractivity contribution is 6.02. The summed E-state index contributed by atoms with van der Waals surface area (Å²) < 4.78 is 48.8. The summed E-state index contributed by atoms with van der Waals surface area (Å²) in [6, 6.07) is 11.6. The van der Waals surface area contributed by atoms with E-state index in [-0.39, 0.29) is 58.0 Å². The first kappa shape index (κ1) is 23.9. The molecule has 1 heterocycles. The first-order valence-corrected chi connectivity index (χ1v) is 10.7. The highest BCUT2D eigenvalue weighted by Gasteiger charge is 2.19. The molecule has 0 radical (unpaired) electrons. The standard InChI is InChI=1S/C26H22F3N3O3/c1-13-11-15(9-10-31-22-17(26(30)32-34)7-8-20(28)21(22)29)25-18(12-13)23(33)14(2)24(35-25)16-5-3-4-6-19(16)27/h3-8,11-12,31,34H,9-10H2,1-2H3,(H2,30,32). The van der Waals surface area contributed by atoms with Crippen LogP contribution in [0.4, 0.5) is 18.9 Å². The molecule has 0 amide bonds. The van der Waals surface area contributed by atoms with Crippen LogP contribution in [0.2, 0.25) is 0 Å². The van der Waals surface area contributed by atoms with Crippen molar-refractivity contribution in [1.82, 2.24) is 0 Å². The molecule has 0 saturated heterocycles. The minimum atomic E-state index is -1.17. The van der Waals surface area contributed by atoms with Crippen molar-refractivity contribution >= 4 is 22.5 Å². The number of oxime groups is 1. The van der Waals surface area contributed by atoms with Gasteiger partial charge in [-0.2, -0.15) is 0 Å². The molecular weight excluding hydrogens is 459 g/mol. The number of rotatable bonds is 6. The first-order valence-electron chi connectivity index (χ1n) is 10.7. The molecule has 0 atom stereocenters. The number of hydrogen-bond acceptors (Lipinski definition) is 5. The van der Waals surface area contributed by atoms with Gasteiger partial charge in [0, 0.05) is 17.7 Å². The molecule has 3 aromatic carbocycles. The molecule has 0 spiro atoms. The molecule has 1 aromatic heterocycles. The molecule has 4 N–H and O–H groups in total. The quantitative estimate of drug-likeness (QED) is 0.151. The van der Waals surface area contributed by atoms with Crippen molar-refractivity contribution in [3.63, 3.8) is 0 Å². The largest absolute Gasteiger partial charge is 0.455 e. The summed E-state index contributed by atoms with van der Waals surface area (Å²) in [4.78, 5) is 13.1. The number of anilines is 1. The third kappa shape index (κ3) is 4.44. The highest BCUT2D eigenvalue weighted by Crippen LogP contribution is 2.30. The topological polar surface area (TPSA) is 101 Å². The molecule has 9 heteroatoms. The first-order chi connectivity index (χ1) is 16.7. The minimum Gasteiger partial charge on any atom is -0.455 e. The summed E-state index contributed by atoms with van der Waals surface area (Å²) >= 11 is 0. The maximum atomic E-state index is 14.5. The smallest absolute Gasteiger partial charge is 0.196 e. The Morgan fingerprint density at radius 3 is 2.54 bits per heavy atom. The van der Waals surface area contributed by atoms with Gasteiger partial charge in [-0.15, -0.1) is 0 Å². The summed E-state index contributed by atoms with van der Waals surface area (Å²) in [5, 5.41) is 14.9. The molecule has 0 aliphatic carbocycles. The van der Waals surface area contributed by atoms with Crippen LogP contribution in [0.15, 0.2) is 62.9 Å². The van der Waals surface area contributed by atoms with Crippen molar-refractivity contribution in [1.29, 1.82) is 0 Å². The average molecular weight is 481 g/mol. The van der Waals surface area contributed by atoms with Gasteiger partial charge in [-0.25, -0.2) is 13.2 Å². The lowest BCUT2D eigenvalue weighted by atomic mass is 10.0. The minimum absolute atomic E-state index is 0.00973. The molecule has 0 unspecified atom stereocenters. The van der Waals surface area contributed by atoms with Gasteiger partial charge in [0.2, 0.25) is 0 Å². The molecule has 0 bridgehead atoms. The highest BCUT2D eigenvalue weighted by atomic mass is 19.2. The Hall–Kier alpha value is -4.27. The Balaban J connectivity index is 1.76. The van der Waals surface area contributed by atoms with E-state index < -0.39 is 17.5 Å². The number of nitrogens with zero attached hydrogens (tertiary/aromatic N) is 1. The number of benzene rings is 3. The predicted molar refractivity (Wildman–Crippen MR) is 128 cm³/mol. The van der Waals surface area contributed by atoms with Gasteiger partial charge in [-0.1, -0.05) is 23.4 Å². The zero-order valence-electron chi connectivity index (χ0n) is 19.0. The zero-order valence-corrected chi connectivity index (χ0v) is 19.0. The molecule has 0 aliphatic heterocycles. The molecular formula is C26H22F3N3O3. The van der Waals surface area contributed by atoms with Crippen molar-refractivity contribution in [2.75, 3.05) is 11.9 Å². The van der Waals surface area contributed by atoms with Gasteiger partial charge < -0.3 is 20.7 Å². The van der Waals surface area contributed by atoms with E-state index in [4.69, 9.17) is 15.4 Å². The van der Waals surface area contributed by atoms with Crippen molar-refractivity contribution in [3.8, 4) is 11.3 Å². The van der Waals surface area contributed by atoms with Gasteiger partial charge in [-0.3, -0.25) is 4.79 Å². The zero-order chi connectivity index (χ0) is 25.3. The van der Waals surface area contributed by atoms with Gasteiger partial charge in [0.25, 0.3) is 0 Å². The molecule has 0 fully saturated rings. The summed E-state index contributed by atoms with van der Waals surface area (Å²) in [5.74, 6) is -3.05. The molecule has 0 saturated carbocycles. The fraction of sp³-hybridized carbons (Fsp3) is 0.154. The van der Waals surface area contributed by atoms with Crippen LogP contribution in [-0.2, 0) is 6.42 Å². The normalized spacial score (nSPS) is 11.7. The van der Waals surface area contributed by atoms with E-state index >= 15 is 0 Å². The lowest BCUT2D eigenvalue weighted by molar-refractivity contribution is 0.318. The Morgan fingerprint density at radius 1 is 1.09 bits per heavy atom. The lowest BCUT2D eigenvalue weighted by Gasteiger charge is -2.15. The van der Waals surface area contributed by atoms with Crippen LogP contribution in [0.3, 0.4) is 0 Å². The molecule has 4 aromatic rings. The Labute approximate surface area is 198 Å². The second-order valence-corrected chi connectivity index (χ2v) is 8.11.